The van der Waals surface area contributed by atoms with Crippen LogP contribution in [0.5, 0.6) is 0 Å². The number of anilines is 1. The summed E-state index contributed by atoms with van der Waals surface area (Å²) in [6.45, 7) is 5.67. The third-order valence-electron chi connectivity index (χ3n) is 3.15. The summed E-state index contributed by atoms with van der Waals surface area (Å²) in [5, 5.41) is 5.32. The summed E-state index contributed by atoms with van der Waals surface area (Å²) in [5.41, 5.74) is 7.09. The molecule has 0 aromatic carbocycles. The van der Waals surface area contributed by atoms with E-state index in [1.165, 1.54) is 7.05 Å². The molecular formula is C13H17N5O2S2. The summed E-state index contributed by atoms with van der Waals surface area (Å²) in [4.78, 5) is 33.6. The zero-order chi connectivity index (χ0) is 16.4. The topological polar surface area (TPSA) is 110 Å². The molecule has 0 fully saturated rings. The van der Waals surface area contributed by atoms with Crippen molar-refractivity contribution in [2.75, 3.05) is 12.8 Å². The van der Waals surface area contributed by atoms with Gasteiger partial charge in [0.2, 0.25) is 5.91 Å². The van der Waals surface area contributed by atoms with Crippen molar-refractivity contribution in [1.82, 2.24) is 20.6 Å². The minimum absolute atomic E-state index is 0.410. The Hall–Kier alpha value is -1.87. The zero-order valence-electron chi connectivity index (χ0n) is 12.7. The highest BCUT2D eigenvalue weighted by Crippen LogP contribution is 2.34. The van der Waals surface area contributed by atoms with Crippen molar-refractivity contribution in [2.45, 2.75) is 31.2 Å². The normalized spacial score (nSPS) is 12.2. The van der Waals surface area contributed by atoms with Crippen LogP contribution >= 0.6 is 23.1 Å². The highest BCUT2D eigenvalue weighted by molar-refractivity contribution is 8.00. The molecule has 2 aromatic heterocycles. The average molecular weight is 339 g/mol. The van der Waals surface area contributed by atoms with E-state index in [2.05, 4.69) is 20.6 Å². The van der Waals surface area contributed by atoms with Crippen molar-refractivity contribution in [1.29, 1.82) is 0 Å². The van der Waals surface area contributed by atoms with E-state index in [1.807, 2.05) is 13.8 Å². The van der Waals surface area contributed by atoms with Crippen LogP contribution < -0.4 is 16.4 Å². The van der Waals surface area contributed by atoms with Gasteiger partial charge in [0.25, 0.3) is 0 Å². The number of imide groups is 1. The van der Waals surface area contributed by atoms with Gasteiger partial charge in [-0.15, -0.1) is 11.3 Å². The first-order chi connectivity index (χ1) is 10.3. The smallest absolute Gasteiger partial charge is 0.321 e. The van der Waals surface area contributed by atoms with E-state index in [4.69, 9.17) is 5.73 Å². The van der Waals surface area contributed by atoms with E-state index in [0.717, 1.165) is 32.4 Å². The molecule has 0 radical (unpaired) electrons. The molecule has 0 aliphatic rings. The van der Waals surface area contributed by atoms with Crippen molar-refractivity contribution < 1.29 is 9.59 Å². The Kier molecular flexibility index (Phi) is 4.87. The second kappa shape index (κ2) is 6.49. The third kappa shape index (κ3) is 3.30. The first-order valence-corrected chi connectivity index (χ1v) is 8.25. The first kappa shape index (κ1) is 16.5. The Balaban J connectivity index is 2.21. The van der Waals surface area contributed by atoms with Gasteiger partial charge in [0.05, 0.1) is 10.6 Å². The summed E-state index contributed by atoms with van der Waals surface area (Å²) in [7, 11) is 1.44. The molecule has 22 heavy (non-hydrogen) atoms. The van der Waals surface area contributed by atoms with Gasteiger partial charge in [-0.05, 0) is 26.3 Å². The molecule has 0 saturated carbocycles. The van der Waals surface area contributed by atoms with Crippen LogP contribution in [0.2, 0.25) is 0 Å². The number of nitrogen functional groups attached to an aromatic ring is 1. The number of amides is 3. The molecule has 1 atom stereocenters. The molecule has 2 aromatic rings. The predicted octanol–water partition coefficient (Wildman–Crippen LogP) is 1.83. The van der Waals surface area contributed by atoms with E-state index in [0.29, 0.717) is 11.0 Å². The van der Waals surface area contributed by atoms with Gasteiger partial charge >= 0.3 is 6.03 Å². The van der Waals surface area contributed by atoms with Crippen molar-refractivity contribution in [3.63, 3.8) is 0 Å². The van der Waals surface area contributed by atoms with Gasteiger partial charge in [-0.25, -0.2) is 14.8 Å². The van der Waals surface area contributed by atoms with Crippen LogP contribution in [0.25, 0.3) is 10.2 Å². The Morgan fingerprint density at radius 1 is 1.32 bits per heavy atom. The lowest BCUT2D eigenvalue weighted by Crippen LogP contribution is -2.41. The van der Waals surface area contributed by atoms with E-state index >= 15 is 0 Å². The van der Waals surface area contributed by atoms with Crippen molar-refractivity contribution >= 4 is 51.1 Å². The average Bonchev–Trinajstić information content (AvgIpc) is 2.73. The Labute approximate surface area is 136 Å². The zero-order valence-corrected chi connectivity index (χ0v) is 14.3. The second-order valence-electron chi connectivity index (χ2n) is 4.68. The molecule has 0 bridgehead atoms. The number of nitrogens with zero attached hydrogens (tertiary/aromatic N) is 2. The lowest BCUT2D eigenvalue weighted by Gasteiger charge is -2.10. The maximum atomic E-state index is 11.8. The van der Waals surface area contributed by atoms with Gasteiger partial charge in [0.15, 0.2) is 5.16 Å². The summed E-state index contributed by atoms with van der Waals surface area (Å²) in [5.74, 6) is -0.00146. The molecule has 0 saturated heterocycles. The van der Waals surface area contributed by atoms with E-state index in [-0.39, 0.29) is 0 Å². The number of aryl methyl sites for hydroxylation is 2. The van der Waals surface area contributed by atoms with Crippen LogP contribution in [-0.2, 0) is 4.79 Å². The highest BCUT2D eigenvalue weighted by Gasteiger charge is 2.20. The molecule has 118 valence electrons. The number of nitrogens with one attached hydrogen (secondary N) is 2. The maximum Gasteiger partial charge on any atom is 0.321 e. The maximum absolute atomic E-state index is 11.8. The molecule has 2 rings (SSSR count). The van der Waals surface area contributed by atoms with Crippen molar-refractivity contribution in [3.05, 3.63) is 10.4 Å². The number of hydrogen-bond donors (Lipinski definition) is 3. The number of hydrogen-bond acceptors (Lipinski definition) is 7. The minimum atomic E-state index is -0.544. The highest BCUT2D eigenvalue weighted by atomic mass is 32.2. The number of rotatable bonds is 3. The first-order valence-electron chi connectivity index (χ1n) is 6.56. The van der Waals surface area contributed by atoms with Gasteiger partial charge in [0, 0.05) is 11.9 Å². The Morgan fingerprint density at radius 2 is 2.00 bits per heavy atom. The lowest BCUT2D eigenvalue weighted by molar-refractivity contribution is -0.119. The van der Waals surface area contributed by atoms with E-state index < -0.39 is 17.2 Å². The molecule has 4 N–H and O–H groups in total. The number of carbonyl (C=O) groups excluding carboxylic acids is 2. The number of carbonyl (C=O) groups is 2. The fourth-order valence-electron chi connectivity index (χ4n) is 1.80. The largest absolute Gasteiger partial charge is 0.383 e. The molecule has 2 heterocycles. The Bertz CT molecular complexity index is 744. The summed E-state index contributed by atoms with van der Waals surface area (Å²) in [6, 6.07) is -0.544. The molecule has 3 amide bonds. The van der Waals surface area contributed by atoms with Crippen LogP contribution in [-0.4, -0.2) is 34.2 Å². The standard InChI is InChI=1S/C13H17N5O2S2/c1-5-6(2)21-11-8(5)9(14)16-13(18-11)22-7(3)10(19)17-12(20)15-4/h7H,1-4H3,(H2,14,16,18)(H2,15,17,19,20). The molecule has 1 unspecified atom stereocenters. The number of thiophene rings is 1. The van der Waals surface area contributed by atoms with Crippen LogP contribution in [0.1, 0.15) is 17.4 Å². The van der Waals surface area contributed by atoms with Crippen molar-refractivity contribution in [3.8, 4) is 0 Å². The van der Waals surface area contributed by atoms with Gasteiger partial charge in [0.1, 0.15) is 10.6 Å². The van der Waals surface area contributed by atoms with Gasteiger partial charge in [-0.1, -0.05) is 11.8 Å². The van der Waals surface area contributed by atoms with Gasteiger partial charge in [-0.3, -0.25) is 10.1 Å². The van der Waals surface area contributed by atoms with E-state index in [1.54, 1.807) is 18.3 Å². The SMILES string of the molecule is CNC(=O)NC(=O)C(C)Sc1nc(N)c2c(C)c(C)sc2n1. The van der Waals surface area contributed by atoms with E-state index in [9.17, 15) is 9.59 Å². The monoisotopic (exact) mass is 339 g/mol. The molecule has 7 nitrogen and oxygen atoms in total. The van der Waals surface area contributed by atoms with Gasteiger partial charge < -0.3 is 11.1 Å². The van der Waals surface area contributed by atoms with Crippen LogP contribution in [0.15, 0.2) is 5.16 Å². The quantitative estimate of drug-likeness (QED) is 0.581. The minimum Gasteiger partial charge on any atom is -0.383 e. The van der Waals surface area contributed by atoms with Crippen LogP contribution in [0.4, 0.5) is 10.6 Å². The fourth-order valence-corrected chi connectivity index (χ4v) is 3.67. The number of fused-ring (bicyclic) bond motifs is 1. The number of thioether (sulfide) groups is 1. The summed E-state index contributed by atoms with van der Waals surface area (Å²) in [6.07, 6.45) is 0. The lowest BCUT2D eigenvalue weighted by atomic mass is 10.2. The molecule has 0 aliphatic heterocycles. The summed E-state index contributed by atoms with van der Waals surface area (Å²) < 4.78 is 0. The Morgan fingerprint density at radius 3 is 2.64 bits per heavy atom. The number of urea groups is 1. The summed E-state index contributed by atoms with van der Waals surface area (Å²) >= 11 is 2.71. The number of aromatic nitrogens is 2. The molecule has 0 spiro atoms. The molecule has 0 aliphatic carbocycles. The van der Waals surface area contributed by atoms with Crippen LogP contribution in [0.3, 0.4) is 0 Å². The number of nitrogens with two attached hydrogens (primary N) is 1. The van der Waals surface area contributed by atoms with Gasteiger partial charge in [-0.2, -0.15) is 0 Å². The molecule has 9 heteroatoms. The molecular weight excluding hydrogens is 322 g/mol. The fraction of sp³-hybridized carbons (Fsp3) is 0.385. The third-order valence-corrected chi connectivity index (χ3v) is 5.21. The second-order valence-corrected chi connectivity index (χ2v) is 7.19. The predicted molar refractivity (Wildman–Crippen MR) is 89.2 cm³/mol. The van der Waals surface area contributed by atoms with Crippen LogP contribution in [0, 0.1) is 13.8 Å². The van der Waals surface area contributed by atoms with Crippen molar-refractivity contribution in [2.24, 2.45) is 0 Å².